The van der Waals surface area contributed by atoms with Gasteiger partial charge < -0.3 is 70.4 Å². The number of rotatable bonds is 13. The number of methoxy groups -OCH3 is 2. The Morgan fingerprint density at radius 3 is 2.05 bits per heavy atom. The standard InChI is InChI=1S/C20H20ClNO7.C19H17ClO8.C18H16ClNO7/c1-8-5-11-9(2)13(23)6-12(19(11)27)22-16(26)4-3-10-17(20(28)29-8)14(24)7-15(25)18(10)21;1-27-16-8-12(22)9(6-13(16)23)5-10(21)3-4-11-17(19(26)28-2)14(24)7-15(25)18(11)20;1-8(27-18(26)11-4-12(19)16(24)6-15(11)23)3-10-9(2)14(22)5-13(17(10)25)20-7-21/h6-8,23-25,27H,3-5H2,1-2H3,(H,22,26);6-8,24-25H,3-5H2,1-2H3;4-8,23-24H,3H2,1-2H3,(H,20,21). The van der Waals surface area contributed by atoms with Gasteiger partial charge in [0.2, 0.25) is 23.9 Å². The van der Waals surface area contributed by atoms with Gasteiger partial charge in [-0.25, -0.2) is 14.4 Å². The molecule has 2 unspecified atom stereocenters. The van der Waals surface area contributed by atoms with Crippen molar-refractivity contribution >= 4 is 99.6 Å². The number of fused-ring (bicyclic) bond motifs is 3. The van der Waals surface area contributed by atoms with Crippen molar-refractivity contribution < 1.29 is 108 Å². The van der Waals surface area contributed by atoms with Crippen LogP contribution in [-0.4, -0.2) is 126 Å². The van der Waals surface area contributed by atoms with Crippen molar-refractivity contribution in [1.29, 1.82) is 0 Å². The van der Waals surface area contributed by atoms with Crippen molar-refractivity contribution in [3.63, 3.8) is 0 Å². The first-order chi connectivity index (χ1) is 39.4. The van der Waals surface area contributed by atoms with Gasteiger partial charge in [-0.05, 0) is 69.4 Å². The van der Waals surface area contributed by atoms with Crippen LogP contribution in [0.5, 0.6) is 46.0 Å². The summed E-state index contributed by atoms with van der Waals surface area (Å²) in [6.07, 6.45) is 0.946. The SMILES string of the molecule is CC1=C(CC(C)OC(=O)c2cc(Cl)c(O)cc2O)C(=O)C(NC=O)=CC1=O.COC(=O)c1c(O)cc(O)c(Cl)c1CCC(=O)CC1=CC(=O)C(OC)=CC1=O.Cc1c(O)cc2c(O)c1CC(C)OC(=O)c1c(O)cc(O)c(Cl)c1CCC(=O)N2. The first kappa shape index (κ1) is 65.4. The number of phenolic OH excluding ortho intramolecular Hbond substituents is 8. The Kier molecular flexibility index (Phi) is 21.9. The Labute approximate surface area is 491 Å². The molecule has 2 aliphatic carbocycles. The Bertz CT molecular complexity index is 3580. The molecule has 0 fully saturated rings. The van der Waals surface area contributed by atoms with Crippen LogP contribution in [-0.2, 0) is 71.8 Å². The van der Waals surface area contributed by atoms with E-state index in [1.165, 1.54) is 27.0 Å². The number of esters is 3. The predicted molar refractivity (Wildman–Crippen MR) is 296 cm³/mol. The lowest BCUT2D eigenvalue weighted by atomic mass is 9.90. The van der Waals surface area contributed by atoms with Crippen LogP contribution >= 0.6 is 34.8 Å². The molecule has 2 atom stereocenters. The van der Waals surface area contributed by atoms with Gasteiger partial charge in [0.25, 0.3) is 0 Å². The molecule has 0 spiro atoms. The molecule has 0 radical (unpaired) electrons. The summed E-state index contributed by atoms with van der Waals surface area (Å²) in [5.74, 6) is -8.95. The molecule has 1 heterocycles. The third kappa shape index (κ3) is 15.4. The normalized spacial score (nSPS) is 15.4. The number of halogens is 3. The van der Waals surface area contributed by atoms with E-state index in [2.05, 4.69) is 15.4 Å². The molecule has 0 aromatic heterocycles. The zero-order valence-electron chi connectivity index (χ0n) is 45.2. The van der Waals surface area contributed by atoms with Gasteiger partial charge >= 0.3 is 17.9 Å². The number of benzene rings is 4. The highest BCUT2D eigenvalue weighted by Gasteiger charge is 2.31. The second-order valence-corrected chi connectivity index (χ2v) is 19.9. The van der Waals surface area contributed by atoms with Crippen molar-refractivity contribution in [2.75, 3.05) is 19.5 Å². The number of ether oxygens (including phenoxy) is 4. The summed E-state index contributed by atoms with van der Waals surface area (Å²) in [6.45, 7) is 6.13. The van der Waals surface area contributed by atoms with Crippen LogP contribution in [0.3, 0.4) is 0 Å². The van der Waals surface area contributed by atoms with E-state index in [4.69, 9.17) is 49.0 Å². The number of cyclic esters (lactones) is 1. The van der Waals surface area contributed by atoms with Crippen LogP contribution in [0, 0.1) is 6.92 Å². The molecule has 4 aromatic rings. The van der Waals surface area contributed by atoms with Crippen molar-refractivity contribution in [1.82, 2.24) is 5.32 Å². The molecule has 1 aliphatic heterocycles. The summed E-state index contributed by atoms with van der Waals surface area (Å²) >= 11 is 17.8. The number of aromatic hydroxyl groups is 8. The lowest BCUT2D eigenvalue weighted by molar-refractivity contribution is -0.120. The number of Topliss-reactive ketones (excluding diaryl/α,β-unsaturated/α-hetero) is 2. The Morgan fingerprint density at radius 1 is 0.762 bits per heavy atom. The fraction of sp³-hybridized carbons (Fsp3) is 0.263. The molecule has 24 nitrogen and oxygen atoms in total. The highest BCUT2D eigenvalue weighted by atomic mass is 35.5. The van der Waals surface area contributed by atoms with E-state index in [0.717, 1.165) is 49.6 Å². The van der Waals surface area contributed by atoms with Crippen molar-refractivity contribution in [2.45, 2.75) is 84.8 Å². The summed E-state index contributed by atoms with van der Waals surface area (Å²) < 4.78 is 20.0. The first-order valence-corrected chi connectivity index (χ1v) is 25.9. The van der Waals surface area contributed by atoms with Gasteiger partial charge in [0.1, 0.15) is 80.7 Å². The largest absolute Gasteiger partial charge is 0.508 e. The van der Waals surface area contributed by atoms with E-state index < -0.39 is 99.4 Å². The van der Waals surface area contributed by atoms with E-state index >= 15 is 0 Å². The van der Waals surface area contributed by atoms with E-state index in [-0.39, 0.29) is 140 Å². The quantitative estimate of drug-likeness (QED) is 0.0161. The van der Waals surface area contributed by atoms with Crippen LogP contribution in [0.1, 0.15) is 99.8 Å². The summed E-state index contributed by atoms with van der Waals surface area (Å²) in [5, 5.41) is 83.8. The smallest absolute Gasteiger partial charge is 0.342 e. The van der Waals surface area contributed by atoms with Gasteiger partial charge in [0, 0.05) is 90.8 Å². The van der Waals surface area contributed by atoms with E-state index in [1.54, 1.807) is 13.8 Å². The molecular formula is C57H53Cl3N2O22. The van der Waals surface area contributed by atoms with Crippen LogP contribution < -0.4 is 10.6 Å². The van der Waals surface area contributed by atoms with Crippen LogP contribution in [0.25, 0.3) is 0 Å². The molecule has 3 aliphatic rings. The van der Waals surface area contributed by atoms with Gasteiger partial charge in [0.15, 0.2) is 17.3 Å². The average Bonchev–Trinajstić information content (AvgIpc) is 3.46. The number of amides is 2. The molecule has 444 valence electrons. The maximum atomic E-state index is 12.7. The van der Waals surface area contributed by atoms with Gasteiger partial charge in [-0.15, -0.1) is 0 Å². The third-order valence-corrected chi connectivity index (χ3v) is 14.0. The Balaban J connectivity index is 0.000000231. The van der Waals surface area contributed by atoms with Crippen LogP contribution in [0.2, 0.25) is 15.1 Å². The molecule has 7 rings (SSSR count). The first-order valence-electron chi connectivity index (χ1n) is 24.7. The molecule has 10 N–H and O–H groups in total. The van der Waals surface area contributed by atoms with E-state index in [9.17, 15) is 88.8 Å². The number of nitrogens with one attached hydrogen (secondary N) is 2. The number of carbonyl (C=O) groups is 10. The van der Waals surface area contributed by atoms with Crippen molar-refractivity contribution in [2.24, 2.45) is 0 Å². The molecule has 4 aromatic carbocycles. The molecule has 84 heavy (non-hydrogen) atoms. The minimum absolute atomic E-state index is 0.0221. The van der Waals surface area contributed by atoms with Crippen LogP contribution in [0.4, 0.5) is 5.69 Å². The zero-order chi connectivity index (χ0) is 62.8. The number of phenols is 8. The molecule has 2 amide bonds. The lowest BCUT2D eigenvalue weighted by Gasteiger charge is -2.20. The van der Waals surface area contributed by atoms with Crippen LogP contribution in [0.15, 0.2) is 76.7 Å². The molecule has 27 heteroatoms. The molecular weight excluding hydrogens is 1170 g/mol. The Hall–Kier alpha value is -9.39. The summed E-state index contributed by atoms with van der Waals surface area (Å²) in [5.41, 5.74) is 0.256. The number of hydrogen-bond acceptors (Lipinski definition) is 22. The van der Waals surface area contributed by atoms with Crippen molar-refractivity contribution in [3.8, 4) is 46.0 Å². The molecule has 0 saturated carbocycles. The highest BCUT2D eigenvalue weighted by molar-refractivity contribution is 6.34. The van der Waals surface area contributed by atoms with E-state index in [1.807, 2.05) is 0 Å². The number of ketones is 5. The van der Waals surface area contributed by atoms with Gasteiger partial charge in [-0.2, -0.15) is 0 Å². The molecule has 0 saturated heterocycles. The van der Waals surface area contributed by atoms with Gasteiger partial charge in [-0.1, -0.05) is 34.8 Å². The summed E-state index contributed by atoms with van der Waals surface area (Å²) in [7, 11) is 2.37. The average molecular weight is 1220 g/mol. The topological polar surface area (TPSA) is 394 Å². The van der Waals surface area contributed by atoms with E-state index in [0.29, 0.717) is 11.1 Å². The lowest BCUT2D eigenvalue weighted by Crippen LogP contribution is -2.29. The maximum absolute atomic E-state index is 12.7. The maximum Gasteiger partial charge on any atom is 0.342 e. The number of allylic oxidation sites excluding steroid dienone is 6. The number of hydrogen-bond donors (Lipinski definition) is 10. The zero-order valence-corrected chi connectivity index (χ0v) is 47.5. The Morgan fingerprint density at radius 2 is 1.40 bits per heavy atom. The predicted octanol–water partition coefficient (Wildman–Crippen LogP) is 6.97. The van der Waals surface area contributed by atoms with Gasteiger partial charge in [0.05, 0.1) is 40.7 Å². The minimum Gasteiger partial charge on any atom is -0.508 e. The number of anilines is 1. The summed E-state index contributed by atoms with van der Waals surface area (Å²) in [6, 6.07) is 5.03. The highest BCUT2D eigenvalue weighted by Crippen LogP contribution is 2.41. The third-order valence-electron chi connectivity index (χ3n) is 12.9. The van der Waals surface area contributed by atoms with Gasteiger partial charge in [-0.3, -0.25) is 33.6 Å². The minimum atomic E-state index is -0.920. The monoisotopic (exact) mass is 1220 g/mol. The fourth-order valence-corrected chi connectivity index (χ4v) is 9.16. The molecule has 2 bridgehead atoms. The fourth-order valence-electron chi connectivity index (χ4n) is 8.51. The van der Waals surface area contributed by atoms with Crippen molar-refractivity contribution in [3.05, 3.63) is 131 Å². The number of carbonyl (C=O) groups excluding carboxylic acids is 10. The second kappa shape index (κ2) is 28.1. The summed E-state index contributed by atoms with van der Waals surface area (Å²) in [4.78, 5) is 120. The second-order valence-electron chi connectivity index (χ2n) is 18.7.